The highest BCUT2D eigenvalue weighted by molar-refractivity contribution is 7.78. The van der Waals surface area contributed by atoms with Crippen LogP contribution in [0, 0.1) is 0 Å². The van der Waals surface area contributed by atoms with E-state index in [1.165, 1.54) is 17.3 Å². The molecule has 0 saturated carbocycles. The largest absolute Gasteiger partial charge is 0.334 e. The van der Waals surface area contributed by atoms with Gasteiger partial charge in [-0.25, -0.2) is 0 Å². The topological polar surface area (TPSA) is 50.3 Å². The van der Waals surface area contributed by atoms with E-state index in [-0.39, 0.29) is 17.2 Å². The van der Waals surface area contributed by atoms with Crippen molar-refractivity contribution in [2.24, 2.45) is 0 Å². The zero-order valence-corrected chi connectivity index (χ0v) is 15.9. The predicted octanol–water partition coefficient (Wildman–Crippen LogP) is 3.78. The average Bonchev–Trinajstić information content (AvgIpc) is 2.69. The highest BCUT2D eigenvalue weighted by atomic mass is 35.5. The molecule has 0 aliphatic heterocycles. The number of carbonyl (C=O) groups is 1. The smallest absolute Gasteiger partial charge is 0.255 e. The maximum Gasteiger partial charge on any atom is 0.255 e. The molecule has 0 aliphatic carbocycles. The van der Waals surface area contributed by atoms with Gasteiger partial charge in [0.2, 0.25) is 0 Å². The van der Waals surface area contributed by atoms with Gasteiger partial charge < -0.3 is 9.46 Å². The molecular formula is C20H18ClN2O2P. The summed E-state index contributed by atoms with van der Waals surface area (Å²) >= 11 is 6.09. The number of carbonyl (C=O) groups excluding carboxylic acids is 1. The summed E-state index contributed by atoms with van der Waals surface area (Å²) in [7, 11) is -1.39. The molecular weight excluding hydrogens is 367 g/mol. The van der Waals surface area contributed by atoms with Gasteiger partial charge in [0.25, 0.3) is 5.91 Å². The molecule has 4 nitrogen and oxygen atoms in total. The Morgan fingerprint density at radius 3 is 2.04 bits per heavy atom. The maximum absolute atomic E-state index is 14.0. The predicted molar refractivity (Wildman–Crippen MR) is 106 cm³/mol. The fraction of sp³-hybridized carbons (Fsp3) is 0.100. The molecule has 0 saturated heterocycles. The molecule has 0 radical (unpaired) electrons. The first kappa shape index (κ1) is 18.4. The van der Waals surface area contributed by atoms with Crippen molar-refractivity contribution in [3.8, 4) is 0 Å². The highest BCUT2D eigenvalue weighted by Crippen LogP contribution is 2.43. The Labute approximate surface area is 157 Å². The van der Waals surface area contributed by atoms with E-state index in [4.69, 9.17) is 11.6 Å². The van der Waals surface area contributed by atoms with Crippen LogP contribution in [0.15, 0.2) is 79.1 Å². The van der Waals surface area contributed by atoms with E-state index in [9.17, 15) is 9.36 Å². The molecule has 0 unspecified atom stereocenters. The maximum atomic E-state index is 14.0. The Balaban J connectivity index is 1.98. The fourth-order valence-electron chi connectivity index (χ4n) is 2.77. The fourth-order valence-corrected chi connectivity index (χ4v) is 5.63. The van der Waals surface area contributed by atoms with Gasteiger partial charge >= 0.3 is 0 Å². The SMILES string of the molecule is CN(CP(=O)(c1ccccc1)c1ccccc1)C(=O)c1ccncc1Cl. The molecule has 0 N–H and O–H groups in total. The molecule has 26 heavy (non-hydrogen) atoms. The van der Waals surface area contributed by atoms with Crippen LogP contribution in [0.1, 0.15) is 10.4 Å². The molecule has 0 fully saturated rings. The van der Waals surface area contributed by atoms with E-state index in [0.717, 1.165) is 0 Å². The van der Waals surface area contributed by atoms with Gasteiger partial charge in [-0.05, 0) is 6.07 Å². The van der Waals surface area contributed by atoms with E-state index in [2.05, 4.69) is 4.98 Å². The number of amides is 1. The zero-order valence-electron chi connectivity index (χ0n) is 14.2. The molecule has 0 atom stereocenters. The van der Waals surface area contributed by atoms with Gasteiger partial charge in [-0.3, -0.25) is 9.78 Å². The van der Waals surface area contributed by atoms with E-state index in [1.807, 2.05) is 60.7 Å². The van der Waals surface area contributed by atoms with Gasteiger partial charge in [-0.2, -0.15) is 0 Å². The first-order valence-electron chi connectivity index (χ1n) is 8.07. The average molecular weight is 385 g/mol. The summed E-state index contributed by atoms with van der Waals surface area (Å²) in [4.78, 5) is 18.2. The summed E-state index contributed by atoms with van der Waals surface area (Å²) < 4.78 is 14.0. The van der Waals surface area contributed by atoms with Crippen molar-refractivity contribution >= 4 is 35.3 Å². The van der Waals surface area contributed by atoms with Crippen LogP contribution in [0.25, 0.3) is 0 Å². The van der Waals surface area contributed by atoms with Gasteiger partial charge in [0.15, 0.2) is 7.14 Å². The lowest BCUT2D eigenvalue weighted by Gasteiger charge is -2.26. The first-order chi connectivity index (χ1) is 12.5. The number of aromatic nitrogens is 1. The summed E-state index contributed by atoms with van der Waals surface area (Å²) in [6.07, 6.45) is 3.02. The van der Waals surface area contributed by atoms with Crippen LogP contribution in [0.3, 0.4) is 0 Å². The van der Waals surface area contributed by atoms with Gasteiger partial charge in [0.05, 0.1) is 16.9 Å². The van der Waals surface area contributed by atoms with E-state index < -0.39 is 7.14 Å². The monoisotopic (exact) mass is 384 g/mol. The first-order valence-corrected chi connectivity index (χ1v) is 10.3. The number of benzene rings is 2. The van der Waals surface area contributed by atoms with Crippen LogP contribution < -0.4 is 10.6 Å². The lowest BCUT2D eigenvalue weighted by molar-refractivity contribution is 0.0817. The number of pyridine rings is 1. The molecule has 1 amide bonds. The number of rotatable bonds is 5. The molecule has 3 rings (SSSR count). The number of hydrogen-bond donors (Lipinski definition) is 0. The number of nitrogens with zero attached hydrogens (tertiary/aromatic N) is 2. The van der Waals surface area contributed by atoms with Crippen molar-refractivity contribution in [1.29, 1.82) is 0 Å². The molecule has 132 valence electrons. The van der Waals surface area contributed by atoms with Crippen LogP contribution in [0.4, 0.5) is 0 Å². The second-order valence-corrected chi connectivity index (χ2v) is 9.11. The molecule has 3 aromatic rings. The van der Waals surface area contributed by atoms with Gasteiger partial charge in [0.1, 0.15) is 0 Å². The third kappa shape index (κ3) is 3.72. The lowest BCUT2D eigenvalue weighted by atomic mass is 10.2. The van der Waals surface area contributed by atoms with Crippen LogP contribution in [0.5, 0.6) is 0 Å². The minimum atomic E-state index is -3.02. The van der Waals surface area contributed by atoms with Crippen molar-refractivity contribution in [2.45, 2.75) is 0 Å². The molecule has 0 aliphatic rings. The third-order valence-corrected chi connectivity index (χ3v) is 7.50. The standard InChI is InChI=1S/C20H18ClN2O2P/c1-23(20(24)18-12-13-22-14-19(18)21)15-26(25,16-8-4-2-5-9-16)17-10-6-3-7-11-17/h2-14H,15H2,1H3. The Bertz CT molecular complexity index is 905. The molecule has 1 heterocycles. The zero-order chi connectivity index (χ0) is 18.6. The molecule has 1 aromatic heterocycles. The van der Waals surface area contributed by atoms with E-state index in [0.29, 0.717) is 16.2 Å². The van der Waals surface area contributed by atoms with Crippen LogP contribution in [0.2, 0.25) is 5.02 Å². The van der Waals surface area contributed by atoms with Crippen molar-refractivity contribution < 1.29 is 9.36 Å². The summed E-state index contributed by atoms with van der Waals surface area (Å²) in [6.45, 7) is 0. The van der Waals surface area contributed by atoms with Crippen molar-refractivity contribution in [2.75, 3.05) is 13.3 Å². The second kappa shape index (κ2) is 7.86. The Morgan fingerprint density at radius 2 is 1.54 bits per heavy atom. The quantitative estimate of drug-likeness (QED) is 0.629. The highest BCUT2D eigenvalue weighted by Gasteiger charge is 2.31. The lowest BCUT2D eigenvalue weighted by Crippen LogP contribution is -2.33. The summed E-state index contributed by atoms with van der Waals surface area (Å²) in [6, 6.07) is 20.1. The number of hydrogen-bond acceptors (Lipinski definition) is 3. The number of halogens is 1. The van der Waals surface area contributed by atoms with Crippen LogP contribution in [-0.2, 0) is 4.57 Å². The van der Waals surface area contributed by atoms with Crippen LogP contribution in [-0.4, -0.2) is 29.1 Å². The summed E-state index contributed by atoms with van der Waals surface area (Å²) in [5.41, 5.74) is 0.344. The normalized spacial score (nSPS) is 11.2. The molecule has 0 bridgehead atoms. The van der Waals surface area contributed by atoms with E-state index >= 15 is 0 Å². The Morgan fingerprint density at radius 1 is 1.00 bits per heavy atom. The van der Waals surface area contributed by atoms with Crippen LogP contribution >= 0.6 is 18.7 Å². The van der Waals surface area contributed by atoms with Gasteiger partial charge in [0, 0.05) is 30.1 Å². The Hall–Kier alpha value is -2.42. The second-order valence-electron chi connectivity index (χ2n) is 5.91. The summed E-state index contributed by atoms with van der Waals surface area (Å²) in [5.74, 6) is -0.288. The van der Waals surface area contributed by atoms with Crippen molar-refractivity contribution in [3.05, 3.63) is 89.7 Å². The molecule has 0 spiro atoms. The molecule has 6 heteroatoms. The minimum absolute atomic E-state index is 0.0819. The van der Waals surface area contributed by atoms with Crippen molar-refractivity contribution in [3.63, 3.8) is 0 Å². The van der Waals surface area contributed by atoms with Gasteiger partial charge in [-0.1, -0.05) is 72.3 Å². The van der Waals surface area contributed by atoms with Gasteiger partial charge in [-0.15, -0.1) is 0 Å². The molecule has 2 aromatic carbocycles. The third-order valence-electron chi connectivity index (χ3n) is 4.11. The van der Waals surface area contributed by atoms with Crippen molar-refractivity contribution in [1.82, 2.24) is 9.88 Å². The summed E-state index contributed by atoms with van der Waals surface area (Å²) in [5, 5.41) is 1.71. The minimum Gasteiger partial charge on any atom is -0.334 e. The van der Waals surface area contributed by atoms with E-state index in [1.54, 1.807) is 13.1 Å². The Kier molecular flexibility index (Phi) is 5.55.